The van der Waals surface area contributed by atoms with E-state index in [9.17, 15) is 9.18 Å². The molecular weight excluding hydrogens is 227 g/mol. The average Bonchev–Trinajstić information content (AvgIpc) is 2.16. The fraction of sp³-hybridized carbons (Fsp3) is 0.273. The summed E-state index contributed by atoms with van der Waals surface area (Å²) in [4.78, 5) is 11.9. The molecule has 5 heteroatoms. The Bertz CT molecular complexity index is 409. The first-order chi connectivity index (χ1) is 7.49. The molecule has 0 heterocycles. The van der Waals surface area contributed by atoms with Gasteiger partial charge in [0.1, 0.15) is 5.82 Å². The first-order valence-corrected chi connectivity index (χ1v) is 5.24. The van der Waals surface area contributed by atoms with E-state index in [0.717, 1.165) is 0 Å². The third kappa shape index (κ3) is 3.94. The second-order valence-corrected chi connectivity index (χ2v) is 4.10. The molecule has 1 aromatic rings. The van der Waals surface area contributed by atoms with Crippen molar-refractivity contribution in [3.05, 3.63) is 30.1 Å². The Morgan fingerprint density at radius 1 is 1.62 bits per heavy atom. The van der Waals surface area contributed by atoms with E-state index in [-0.39, 0.29) is 17.6 Å². The maximum absolute atomic E-state index is 12.8. The molecule has 0 fully saturated rings. The highest BCUT2D eigenvalue weighted by atomic mass is 32.1. The standard InChI is InChI=1S/C11H13FN2OS/c1-7(5-10(13)16)11(15)14-9-4-2-3-8(12)6-9/h2-4,6-7H,5H2,1H3,(H2,13,16)(H,14,15). The van der Waals surface area contributed by atoms with Crippen molar-refractivity contribution in [3.63, 3.8) is 0 Å². The van der Waals surface area contributed by atoms with E-state index in [0.29, 0.717) is 17.1 Å². The number of carbonyl (C=O) groups is 1. The van der Waals surface area contributed by atoms with Gasteiger partial charge < -0.3 is 11.1 Å². The lowest BCUT2D eigenvalue weighted by Gasteiger charge is -2.11. The van der Waals surface area contributed by atoms with Crippen LogP contribution in [0.5, 0.6) is 0 Å². The number of carbonyl (C=O) groups excluding carboxylic acids is 1. The van der Waals surface area contributed by atoms with E-state index >= 15 is 0 Å². The van der Waals surface area contributed by atoms with Gasteiger partial charge in [-0.05, 0) is 18.2 Å². The van der Waals surface area contributed by atoms with Crippen LogP contribution in [0.3, 0.4) is 0 Å². The molecule has 0 aromatic heterocycles. The molecule has 0 saturated heterocycles. The third-order valence-corrected chi connectivity index (χ3v) is 2.21. The Morgan fingerprint density at radius 2 is 2.31 bits per heavy atom. The van der Waals surface area contributed by atoms with Crippen LogP contribution in [0.1, 0.15) is 13.3 Å². The van der Waals surface area contributed by atoms with Crippen LogP contribution in [-0.2, 0) is 4.79 Å². The maximum atomic E-state index is 12.8. The van der Waals surface area contributed by atoms with Crippen LogP contribution in [0, 0.1) is 11.7 Å². The normalized spacial score (nSPS) is 11.9. The molecule has 0 radical (unpaired) electrons. The van der Waals surface area contributed by atoms with Crippen molar-refractivity contribution in [2.24, 2.45) is 11.7 Å². The lowest BCUT2D eigenvalue weighted by molar-refractivity contribution is -0.119. The van der Waals surface area contributed by atoms with Gasteiger partial charge in [-0.2, -0.15) is 0 Å². The summed E-state index contributed by atoms with van der Waals surface area (Å²) in [5, 5.41) is 2.59. The zero-order valence-corrected chi connectivity index (χ0v) is 9.68. The Balaban J connectivity index is 2.60. The zero-order chi connectivity index (χ0) is 12.1. The topological polar surface area (TPSA) is 55.1 Å². The van der Waals surface area contributed by atoms with Crippen molar-refractivity contribution in [1.82, 2.24) is 0 Å². The smallest absolute Gasteiger partial charge is 0.227 e. The summed E-state index contributed by atoms with van der Waals surface area (Å²) in [6.45, 7) is 1.72. The van der Waals surface area contributed by atoms with Gasteiger partial charge in [0.25, 0.3) is 0 Å². The van der Waals surface area contributed by atoms with Gasteiger partial charge in [-0.25, -0.2) is 4.39 Å². The second-order valence-electron chi connectivity index (χ2n) is 3.57. The summed E-state index contributed by atoms with van der Waals surface area (Å²) < 4.78 is 12.8. The summed E-state index contributed by atoms with van der Waals surface area (Å²) >= 11 is 4.71. The van der Waals surface area contributed by atoms with Crippen LogP contribution in [0.2, 0.25) is 0 Å². The molecule has 0 bridgehead atoms. The maximum Gasteiger partial charge on any atom is 0.227 e. The highest BCUT2D eigenvalue weighted by Crippen LogP contribution is 2.12. The van der Waals surface area contributed by atoms with Gasteiger partial charge in [-0.15, -0.1) is 0 Å². The van der Waals surface area contributed by atoms with Gasteiger partial charge >= 0.3 is 0 Å². The molecule has 0 aliphatic heterocycles. The number of rotatable bonds is 4. The predicted octanol–water partition coefficient (Wildman–Crippen LogP) is 2.08. The number of amides is 1. The van der Waals surface area contributed by atoms with Crippen LogP contribution in [-0.4, -0.2) is 10.9 Å². The van der Waals surface area contributed by atoms with E-state index < -0.39 is 0 Å². The molecule has 1 unspecified atom stereocenters. The van der Waals surface area contributed by atoms with Crippen molar-refractivity contribution in [3.8, 4) is 0 Å². The fourth-order valence-electron chi connectivity index (χ4n) is 1.23. The highest BCUT2D eigenvalue weighted by Gasteiger charge is 2.13. The lowest BCUT2D eigenvalue weighted by atomic mass is 10.1. The molecule has 16 heavy (non-hydrogen) atoms. The molecule has 0 spiro atoms. The van der Waals surface area contributed by atoms with E-state index in [2.05, 4.69) is 5.32 Å². The SMILES string of the molecule is CC(CC(N)=S)C(=O)Nc1cccc(F)c1. The summed E-state index contributed by atoms with van der Waals surface area (Å²) in [6.07, 6.45) is 0.344. The van der Waals surface area contributed by atoms with Gasteiger partial charge in [0.05, 0.1) is 4.99 Å². The van der Waals surface area contributed by atoms with E-state index in [4.69, 9.17) is 18.0 Å². The number of thiocarbonyl (C=S) groups is 1. The molecule has 1 atom stereocenters. The zero-order valence-electron chi connectivity index (χ0n) is 8.87. The minimum atomic E-state index is -0.389. The molecule has 0 aliphatic rings. The van der Waals surface area contributed by atoms with Gasteiger partial charge in [0.15, 0.2) is 0 Å². The average molecular weight is 240 g/mol. The second kappa shape index (κ2) is 5.55. The van der Waals surface area contributed by atoms with Crippen LogP contribution >= 0.6 is 12.2 Å². The molecule has 3 N–H and O–H groups in total. The predicted molar refractivity (Wildman–Crippen MR) is 65.6 cm³/mol. The minimum Gasteiger partial charge on any atom is -0.393 e. The Labute approximate surface area is 98.8 Å². The molecule has 0 aliphatic carbocycles. The van der Waals surface area contributed by atoms with Crippen molar-refractivity contribution in [2.75, 3.05) is 5.32 Å². The molecule has 0 saturated carbocycles. The molecule has 1 rings (SSSR count). The fourth-order valence-corrected chi connectivity index (χ4v) is 1.48. The molecule has 1 amide bonds. The van der Waals surface area contributed by atoms with Crippen molar-refractivity contribution < 1.29 is 9.18 Å². The van der Waals surface area contributed by atoms with Gasteiger partial charge in [-0.1, -0.05) is 25.2 Å². The first kappa shape index (κ1) is 12.6. The van der Waals surface area contributed by atoms with Gasteiger partial charge in [-0.3, -0.25) is 4.79 Å². The monoisotopic (exact) mass is 240 g/mol. The first-order valence-electron chi connectivity index (χ1n) is 4.84. The quantitative estimate of drug-likeness (QED) is 0.792. The number of hydrogen-bond donors (Lipinski definition) is 2. The molecule has 1 aromatic carbocycles. The Morgan fingerprint density at radius 3 is 2.88 bits per heavy atom. The molecule has 86 valence electrons. The highest BCUT2D eigenvalue weighted by molar-refractivity contribution is 7.80. The number of halogens is 1. The van der Waals surface area contributed by atoms with E-state index in [1.807, 2.05) is 0 Å². The number of nitrogens with two attached hydrogens (primary N) is 1. The van der Waals surface area contributed by atoms with E-state index in [1.165, 1.54) is 18.2 Å². The summed E-state index contributed by atoms with van der Waals surface area (Å²) in [5.41, 5.74) is 5.77. The van der Waals surface area contributed by atoms with E-state index in [1.54, 1.807) is 13.0 Å². The molecular formula is C11H13FN2OS. The summed E-state index contributed by atoms with van der Waals surface area (Å²) in [5.74, 6) is -0.932. The molecule has 3 nitrogen and oxygen atoms in total. The van der Waals surface area contributed by atoms with Crippen LogP contribution in [0.4, 0.5) is 10.1 Å². The van der Waals surface area contributed by atoms with Crippen molar-refractivity contribution in [2.45, 2.75) is 13.3 Å². The number of nitrogens with one attached hydrogen (secondary N) is 1. The number of hydrogen-bond acceptors (Lipinski definition) is 2. The third-order valence-electron chi connectivity index (χ3n) is 2.05. The Hall–Kier alpha value is -1.49. The minimum absolute atomic E-state index is 0.224. The van der Waals surface area contributed by atoms with Crippen molar-refractivity contribution >= 4 is 28.8 Å². The van der Waals surface area contributed by atoms with Crippen LogP contribution in [0.25, 0.3) is 0 Å². The Kier molecular flexibility index (Phi) is 4.37. The van der Waals surface area contributed by atoms with Gasteiger partial charge in [0.2, 0.25) is 5.91 Å². The largest absolute Gasteiger partial charge is 0.393 e. The van der Waals surface area contributed by atoms with Crippen LogP contribution < -0.4 is 11.1 Å². The van der Waals surface area contributed by atoms with Crippen LogP contribution in [0.15, 0.2) is 24.3 Å². The number of anilines is 1. The lowest BCUT2D eigenvalue weighted by Crippen LogP contribution is -2.24. The number of benzene rings is 1. The summed E-state index contributed by atoms with van der Waals surface area (Å²) in [6, 6.07) is 5.72. The summed E-state index contributed by atoms with van der Waals surface area (Å²) in [7, 11) is 0. The van der Waals surface area contributed by atoms with Crippen molar-refractivity contribution in [1.29, 1.82) is 0 Å². The van der Waals surface area contributed by atoms with Gasteiger partial charge in [0, 0.05) is 18.0 Å².